The van der Waals surface area contributed by atoms with E-state index < -0.39 is 0 Å². The van der Waals surface area contributed by atoms with Gasteiger partial charge in [-0.25, -0.2) is 0 Å². The summed E-state index contributed by atoms with van der Waals surface area (Å²) in [5.74, 6) is 0. The Labute approximate surface area is 138 Å². The van der Waals surface area contributed by atoms with Gasteiger partial charge in [-0.15, -0.1) is 0 Å². The number of nitrogens with zero attached hydrogens (tertiary/aromatic N) is 3. The monoisotopic (exact) mass is 307 g/mol. The highest BCUT2D eigenvalue weighted by molar-refractivity contribution is 4.97. The standard InChI is InChI=1S/C19H37N3/c1-16(2)20-10-5-18(6-11-20)22-14-9-19(15-22)7-12-21(13-8-19)17(3)4/h16-18H,5-15H2,1-4H3. The number of hydrogen-bond acceptors (Lipinski definition) is 3. The molecule has 1 spiro atoms. The van der Waals surface area contributed by atoms with Crippen molar-refractivity contribution < 1.29 is 0 Å². The van der Waals surface area contributed by atoms with Crippen LogP contribution in [0.2, 0.25) is 0 Å². The quantitative estimate of drug-likeness (QED) is 0.793. The van der Waals surface area contributed by atoms with E-state index in [9.17, 15) is 0 Å². The van der Waals surface area contributed by atoms with Gasteiger partial charge in [0.25, 0.3) is 0 Å². The van der Waals surface area contributed by atoms with E-state index in [1.54, 1.807) is 0 Å². The first-order valence-corrected chi connectivity index (χ1v) is 9.71. The zero-order valence-corrected chi connectivity index (χ0v) is 15.4. The van der Waals surface area contributed by atoms with Gasteiger partial charge in [0.05, 0.1) is 0 Å². The molecule has 0 aromatic rings. The van der Waals surface area contributed by atoms with Crippen molar-refractivity contribution in [1.29, 1.82) is 0 Å². The van der Waals surface area contributed by atoms with Crippen molar-refractivity contribution in [2.75, 3.05) is 39.3 Å². The Morgan fingerprint density at radius 2 is 1.23 bits per heavy atom. The molecule has 3 rings (SSSR count). The molecule has 0 amide bonds. The molecule has 22 heavy (non-hydrogen) atoms. The highest BCUT2D eigenvalue weighted by Gasteiger charge is 2.42. The van der Waals surface area contributed by atoms with Crippen molar-refractivity contribution in [3.8, 4) is 0 Å². The van der Waals surface area contributed by atoms with Crippen molar-refractivity contribution >= 4 is 0 Å². The summed E-state index contributed by atoms with van der Waals surface area (Å²) in [6, 6.07) is 2.33. The average Bonchev–Trinajstić information content (AvgIpc) is 2.91. The molecule has 3 aliphatic heterocycles. The second-order valence-corrected chi connectivity index (χ2v) is 8.71. The first-order chi connectivity index (χ1) is 10.5. The number of piperidine rings is 2. The second kappa shape index (κ2) is 6.78. The number of rotatable bonds is 3. The van der Waals surface area contributed by atoms with Crippen LogP contribution < -0.4 is 0 Å². The van der Waals surface area contributed by atoms with E-state index in [0.717, 1.165) is 18.1 Å². The van der Waals surface area contributed by atoms with Crippen LogP contribution in [0.25, 0.3) is 0 Å². The molecule has 128 valence electrons. The molecule has 0 saturated carbocycles. The summed E-state index contributed by atoms with van der Waals surface area (Å²) in [4.78, 5) is 8.20. The second-order valence-electron chi connectivity index (χ2n) is 8.71. The average molecular weight is 308 g/mol. The molecule has 3 heterocycles. The van der Waals surface area contributed by atoms with Crippen LogP contribution in [0.15, 0.2) is 0 Å². The van der Waals surface area contributed by atoms with Crippen LogP contribution in [0.1, 0.15) is 59.8 Å². The summed E-state index contributed by atoms with van der Waals surface area (Å²) < 4.78 is 0. The maximum atomic E-state index is 2.86. The summed E-state index contributed by atoms with van der Waals surface area (Å²) in [6.07, 6.45) is 7.13. The third kappa shape index (κ3) is 3.52. The third-order valence-corrected chi connectivity index (χ3v) is 6.80. The molecule has 0 N–H and O–H groups in total. The summed E-state index contributed by atoms with van der Waals surface area (Å²) in [6.45, 7) is 17.4. The maximum absolute atomic E-state index is 2.86. The SMILES string of the molecule is CC(C)N1CCC(N2CCC3(CCN(C(C)C)CC3)C2)CC1. The smallest absolute Gasteiger partial charge is 0.0120 e. The van der Waals surface area contributed by atoms with Crippen molar-refractivity contribution in [2.24, 2.45) is 5.41 Å². The lowest BCUT2D eigenvalue weighted by molar-refractivity contribution is 0.0668. The third-order valence-electron chi connectivity index (χ3n) is 6.80. The Kier molecular flexibility index (Phi) is 5.16. The van der Waals surface area contributed by atoms with Gasteiger partial charge in [0, 0.05) is 24.7 Å². The summed E-state index contributed by atoms with van der Waals surface area (Å²) in [5, 5.41) is 0. The molecule has 0 aliphatic carbocycles. The minimum atomic E-state index is 0.667. The van der Waals surface area contributed by atoms with Gasteiger partial charge in [0.2, 0.25) is 0 Å². The molecule has 3 heteroatoms. The van der Waals surface area contributed by atoms with Crippen LogP contribution in [0, 0.1) is 5.41 Å². The van der Waals surface area contributed by atoms with Crippen LogP contribution in [0.4, 0.5) is 0 Å². The minimum Gasteiger partial charge on any atom is -0.301 e. The van der Waals surface area contributed by atoms with E-state index in [1.165, 1.54) is 71.4 Å². The lowest BCUT2D eigenvalue weighted by Crippen LogP contribution is -2.48. The van der Waals surface area contributed by atoms with E-state index >= 15 is 0 Å². The molecule has 3 saturated heterocycles. The Hall–Kier alpha value is -0.120. The molecular weight excluding hydrogens is 270 g/mol. The predicted molar refractivity (Wildman–Crippen MR) is 94.3 cm³/mol. The zero-order valence-electron chi connectivity index (χ0n) is 15.4. The summed E-state index contributed by atoms with van der Waals surface area (Å²) in [5.41, 5.74) is 0.667. The van der Waals surface area contributed by atoms with Gasteiger partial charge in [-0.3, -0.25) is 4.90 Å². The molecule has 0 bridgehead atoms. The topological polar surface area (TPSA) is 9.72 Å². The van der Waals surface area contributed by atoms with Crippen molar-refractivity contribution in [2.45, 2.75) is 77.9 Å². The molecule has 0 radical (unpaired) electrons. The molecule has 0 aromatic heterocycles. The summed E-state index contributed by atoms with van der Waals surface area (Å²) >= 11 is 0. The van der Waals surface area contributed by atoms with E-state index in [2.05, 4.69) is 42.4 Å². The molecule has 0 atom stereocenters. The van der Waals surface area contributed by atoms with E-state index in [1.807, 2.05) is 0 Å². The van der Waals surface area contributed by atoms with Crippen LogP contribution in [-0.4, -0.2) is 72.1 Å². The largest absolute Gasteiger partial charge is 0.301 e. The number of likely N-dealkylation sites (tertiary alicyclic amines) is 3. The van der Waals surface area contributed by atoms with E-state index in [0.29, 0.717) is 5.41 Å². The first kappa shape index (κ1) is 16.7. The first-order valence-electron chi connectivity index (χ1n) is 9.71. The Bertz CT molecular complexity index is 350. The molecular formula is C19H37N3. The van der Waals surface area contributed by atoms with Crippen LogP contribution in [0.3, 0.4) is 0 Å². The predicted octanol–water partition coefficient (Wildman–Crippen LogP) is 3.06. The van der Waals surface area contributed by atoms with E-state index in [4.69, 9.17) is 0 Å². The maximum Gasteiger partial charge on any atom is 0.0120 e. The van der Waals surface area contributed by atoms with Gasteiger partial charge in [-0.2, -0.15) is 0 Å². The minimum absolute atomic E-state index is 0.667. The van der Waals surface area contributed by atoms with Crippen LogP contribution >= 0.6 is 0 Å². The molecule has 0 unspecified atom stereocenters. The fraction of sp³-hybridized carbons (Fsp3) is 1.00. The molecule has 3 fully saturated rings. The Morgan fingerprint density at radius 1 is 0.727 bits per heavy atom. The van der Waals surface area contributed by atoms with Crippen LogP contribution in [-0.2, 0) is 0 Å². The van der Waals surface area contributed by atoms with Crippen molar-refractivity contribution in [1.82, 2.24) is 14.7 Å². The summed E-state index contributed by atoms with van der Waals surface area (Å²) in [7, 11) is 0. The zero-order chi connectivity index (χ0) is 15.7. The van der Waals surface area contributed by atoms with Gasteiger partial charge >= 0.3 is 0 Å². The molecule has 0 aromatic carbocycles. The Balaban J connectivity index is 1.49. The van der Waals surface area contributed by atoms with Crippen molar-refractivity contribution in [3.05, 3.63) is 0 Å². The number of hydrogen-bond donors (Lipinski definition) is 0. The highest BCUT2D eigenvalue weighted by Crippen LogP contribution is 2.42. The fourth-order valence-electron chi connectivity index (χ4n) is 4.97. The fourth-order valence-corrected chi connectivity index (χ4v) is 4.97. The van der Waals surface area contributed by atoms with Crippen LogP contribution in [0.5, 0.6) is 0 Å². The molecule has 3 nitrogen and oxygen atoms in total. The normalized spacial score (nSPS) is 29.2. The van der Waals surface area contributed by atoms with E-state index in [-0.39, 0.29) is 0 Å². The van der Waals surface area contributed by atoms with Crippen molar-refractivity contribution in [3.63, 3.8) is 0 Å². The highest BCUT2D eigenvalue weighted by atomic mass is 15.2. The lowest BCUT2D eigenvalue weighted by Gasteiger charge is -2.42. The Morgan fingerprint density at radius 3 is 1.77 bits per heavy atom. The van der Waals surface area contributed by atoms with Gasteiger partial charge in [-0.1, -0.05) is 0 Å². The van der Waals surface area contributed by atoms with Gasteiger partial charge in [-0.05, 0) is 97.9 Å². The van der Waals surface area contributed by atoms with Gasteiger partial charge < -0.3 is 9.80 Å². The molecule has 3 aliphatic rings. The van der Waals surface area contributed by atoms with Gasteiger partial charge in [0.15, 0.2) is 0 Å². The van der Waals surface area contributed by atoms with Gasteiger partial charge in [0.1, 0.15) is 0 Å². The lowest BCUT2D eigenvalue weighted by atomic mass is 9.77.